The molecule has 0 aliphatic heterocycles. The lowest BCUT2D eigenvalue weighted by Crippen LogP contribution is -2.40. The smallest absolute Gasteiger partial charge is 0.411 e. The van der Waals surface area contributed by atoms with Crippen molar-refractivity contribution in [1.29, 1.82) is 0 Å². The maximum absolute atomic E-state index is 13.7. The van der Waals surface area contributed by atoms with Crippen LogP contribution in [0.2, 0.25) is 0 Å². The van der Waals surface area contributed by atoms with Crippen LogP contribution in [0.15, 0.2) is 18.2 Å². The summed E-state index contributed by atoms with van der Waals surface area (Å²) >= 11 is 0. The van der Waals surface area contributed by atoms with E-state index in [1.165, 1.54) is 0 Å². The Morgan fingerprint density at radius 1 is 1.29 bits per heavy atom. The quantitative estimate of drug-likeness (QED) is 0.932. The summed E-state index contributed by atoms with van der Waals surface area (Å²) in [6, 6.07) is 0.736. The number of likely N-dealkylation sites (N-methyl/N-ethyl adjacent to an activating group) is 1. The molecule has 0 saturated carbocycles. The summed E-state index contributed by atoms with van der Waals surface area (Å²) in [5.41, 5.74) is -1.29. The van der Waals surface area contributed by atoms with Crippen molar-refractivity contribution in [2.75, 3.05) is 7.05 Å². The first-order chi connectivity index (χ1) is 9.53. The third kappa shape index (κ3) is 4.40. The van der Waals surface area contributed by atoms with Crippen LogP contribution in [0.5, 0.6) is 0 Å². The molecule has 1 atom stereocenters. The van der Waals surface area contributed by atoms with Gasteiger partial charge in [0.1, 0.15) is 17.2 Å². The van der Waals surface area contributed by atoms with Crippen LogP contribution in [-0.2, 0) is 9.53 Å². The largest absolute Gasteiger partial charge is 0.479 e. The van der Waals surface area contributed by atoms with Gasteiger partial charge in [0.25, 0.3) is 0 Å². The Balaban J connectivity index is 3.15. The van der Waals surface area contributed by atoms with Gasteiger partial charge in [0.2, 0.25) is 0 Å². The molecule has 0 spiro atoms. The van der Waals surface area contributed by atoms with E-state index < -0.39 is 40.9 Å². The molecule has 1 unspecified atom stereocenters. The van der Waals surface area contributed by atoms with Crippen molar-refractivity contribution < 1.29 is 28.2 Å². The van der Waals surface area contributed by atoms with Crippen LogP contribution < -0.4 is 0 Å². The molecule has 0 aromatic heterocycles. The van der Waals surface area contributed by atoms with E-state index in [4.69, 9.17) is 4.74 Å². The summed E-state index contributed by atoms with van der Waals surface area (Å²) in [7, 11) is 1.15. The number of carbonyl (C=O) groups excluding carboxylic acids is 1. The molecule has 21 heavy (non-hydrogen) atoms. The SMILES string of the molecule is CN(C(=O)OC(C)(C)C)C(C(=O)O)c1cc(F)ccc1F. The van der Waals surface area contributed by atoms with Gasteiger partial charge in [-0.1, -0.05) is 0 Å². The summed E-state index contributed by atoms with van der Waals surface area (Å²) < 4.78 is 32.0. The van der Waals surface area contributed by atoms with Crippen LogP contribution in [-0.4, -0.2) is 34.7 Å². The third-order valence-electron chi connectivity index (χ3n) is 2.56. The predicted octanol–water partition coefficient (Wildman–Crippen LogP) is 2.96. The summed E-state index contributed by atoms with van der Waals surface area (Å²) in [6.07, 6.45) is -0.946. The van der Waals surface area contributed by atoms with E-state index in [9.17, 15) is 23.5 Å². The number of aliphatic carboxylic acids is 1. The van der Waals surface area contributed by atoms with Gasteiger partial charge in [0.05, 0.1) is 0 Å². The summed E-state index contributed by atoms with van der Waals surface area (Å²) in [5, 5.41) is 9.22. The molecule has 0 heterocycles. The Morgan fingerprint density at radius 2 is 1.86 bits per heavy atom. The van der Waals surface area contributed by atoms with Gasteiger partial charge in [-0.2, -0.15) is 0 Å². The van der Waals surface area contributed by atoms with Crippen molar-refractivity contribution in [3.05, 3.63) is 35.4 Å². The standard InChI is InChI=1S/C14H17F2NO4/c1-14(2,3)21-13(20)17(4)11(12(18)19)9-7-8(15)5-6-10(9)16/h5-7,11H,1-4H3,(H,18,19). The van der Waals surface area contributed by atoms with Gasteiger partial charge >= 0.3 is 12.1 Å². The number of carboxylic acids is 1. The van der Waals surface area contributed by atoms with Crippen LogP contribution in [0.1, 0.15) is 32.4 Å². The van der Waals surface area contributed by atoms with E-state index in [1.807, 2.05) is 0 Å². The average Bonchev–Trinajstić information content (AvgIpc) is 2.31. The Bertz CT molecular complexity index is 554. The molecule has 7 heteroatoms. The van der Waals surface area contributed by atoms with E-state index in [-0.39, 0.29) is 0 Å². The highest BCUT2D eigenvalue weighted by Crippen LogP contribution is 2.25. The Labute approximate surface area is 121 Å². The Morgan fingerprint density at radius 3 is 2.33 bits per heavy atom. The number of carboxylic acid groups (broad SMARTS) is 1. The number of amides is 1. The van der Waals surface area contributed by atoms with Crippen molar-refractivity contribution >= 4 is 12.1 Å². The second kappa shape index (κ2) is 6.07. The fraction of sp³-hybridized carbons (Fsp3) is 0.429. The first-order valence-electron chi connectivity index (χ1n) is 6.16. The molecule has 0 saturated heterocycles. The van der Waals surface area contributed by atoms with Gasteiger partial charge in [-0.25, -0.2) is 18.4 Å². The zero-order chi connectivity index (χ0) is 16.4. The van der Waals surface area contributed by atoms with Gasteiger partial charge in [0.15, 0.2) is 6.04 Å². The number of rotatable bonds is 3. The van der Waals surface area contributed by atoms with Crippen LogP contribution >= 0.6 is 0 Å². The number of hydrogen-bond acceptors (Lipinski definition) is 3. The van der Waals surface area contributed by atoms with Crippen molar-refractivity contribution in [2.24, 2.45) is 0 Å². The molecule has 1 aromatic rings. The molecule has 1 rings (SSSR count). The molecule has 5 nitrogen and oxygen atoms in total. The van der Waals surface area contributed by atoms with Crippen molar-refractivity contribution in [3.8, 4) is 0 Å². The molecule has 0 aliphatic rings. The first kappa shape index (κ1) is 16.9. The van der Waals surface area contributed by atoms with Crippen LogP contribution in [0, 0.1) is 11.6 Å². The monoisotopic (exact) mass is 301 g/mol. The van der Waals surface area contributed by atoms with E-state index in [2.05, 4.69) is 0 Å². The van der Waals surface area contributed by atoms with Gasteiger partial charge in [-0.05, 0) is 39.0 Å². The van der Waals surface area contributed by atoms with Gasteiger partial charge < -0.3 is 9.84 Å². The lowest BCUT2D eigenvalue weighted by molar-refractivity contribution is -0.143. The first-order valence-corrected chi connectivity index (χ1v) is 6.16. The molecule has 1 aromatic carbocycles. The van der Waals surface area contributed by atoms with Crippen LogP contribution in [0.25, 0.3) is 0 Å². The average molecular weight is 301 g/mol. The topological polar surface area (TPSA) is 66.8 Å². The third-order valence-corrected chi connectivity index (χ3v) is 2.56. The highest BCUT2D eigenvalue weighted by atomic mass is 19.1. The van der Waals surface area contributed by atoms with E-state index in [1.54, 1.807) is 20.8 Å². The maximum atomic E-state index is 13.7. The fourth-order valence-corrected chi connectivity index (χ4v) is 1.67. The number of benzene rings is 1. The van der Waals surface area contributed by atoms with Gasteiger partial charge in [-0.3, -0.25) is 4.90 Å². The molecule has 0 radical (unpaired) electrons. The molecule has 1 N–H and O–H groups in total. The highest BCUT2D eigenvalue weighted by molar-refractivity contribution is 5.81. The van der Waals surface area contributed by atoms with Crippen molar-refractivity contribution in [2.45, 2.75) is 32.4 Å². The number of nitrogens with zero attached hydrogens (tertiary/aromatic N) is 1. The number of hydrogen-bond donors (Lipinski definition) is 1. The molecule has 116 valence electrons. The van der Waals surface area contributed by atoms with E-state index in [0.717, 1.165) is 25.2 Å². The molecule has 0 aliphatic carbocycles. The molecule has 0 bridgehead atoms. The summed E-state index contributed by atoms with van der Waals surface area (Å²) in [4.78, 5) is 23.9. The second-order valence-corrected chi connectivity index (χ2v) is 5.50. The molecule has 1 amide bonds. The van der Waals surface area contributed by atoms with Gasteiger partial charge in [-0.15, -0.1) is 0 Å². The minimum Gasteiger partial charge on any atom is -0.479 e. The maximum Gasteiger partial charge on any atom is 0.411 e. The fourth-order valence-electron chi connectivity index (χ4n) is 1.67. The lowest BCUT2D eigenvalue weighted by Gasteiger charge is -2.28. The minimum absolute atomic E-state index is 0.448. The van der Waals surface area contributed by atoms with Crippen molar-refractivity contribution in [3.63, 3.8) is 0 Å². The van der Waals surface area contributed by atoms with Crippen LogP contribution in [0.4, 0.5) is 13.6 Å². The van der Waals surface area contributed by atoms with E-state index >= 15 is 0 Å². The normalized spacial score (nSPS) is 12.7. The van der Waals surface area contributed by atoms with Crippen molar-refractivity contribution in [1.82, 2.24) is 4.90 Å². The highest BCUT2D eigenvalue weighted by Gasteiger charge is 2.33. The Kier molecular flexibility index (Phi) is 4.88. The predicted molar refractivity (Wildman–Crippen MR) is 70.7 cm³/mol. The minimum atomic E-state index is -1.68. The second-order valence-electron chi connectivity index (χ2n) is 5.50. The zero-order valence-corrected chi connectivity index (χ0v) is 12.2. The number of carbonyl (C=O) groups is 2. The van der Waals surface area contributed by atoms with E-state index in [0.29, 0.717) is 4.90 Å². The molecular formula is C14H17F2NO4. The van der Waals surface area contributed by atoms with Crippen LogP contribution in [0.3, 0.4) is 0 Å². The summed E-state index contributed by atoms with van der Waals surface area (Å²) in [5.74, 6) is -3.21. The number of ether oxygens (including phenoxy) is 1. The lowest BCUT2D eigenvalue weighted by atomic mass is 10.1. The molecular weight excluding hydrogens is 284 g/mol. The summed E-state index contributed by atoms with van der Waals surface area (Å²) in [6.45, 7) is 4.83. The molecule has 0 fully saturated rings. The zero-order valence-electron chi connectivity index (χ0n) is 12.2. The number of halogens is 2. The Hall–Kier alpha value is -2.18. The van der Waals surface area contributed by atoms with Gasteiger partial charge in [0, 0.05) is 12.6 Å².